The molecule has 1 aromatic carbocycles. The van der Waals surface area contributed by atoms with E-state index in [9.17, 15) is 13.2 Å². The summed E-state index contributed by atoms with van der Waals surface area (Å²) in [6, 6.07) is 5.02. The van der Waals surface area contributed by atoms with Crippen molar-refractivity contribution in [3.63, 3.8) is 0 Å². The van der Waals surface area contributed by atoms with E-state index in [0.29, 0.717) is 0 Å². The fraction of sp³-hybridized carbons (Fsp3) is 0.357. The minimum atomic E-state index is -4.30. The first-order chi connectivity index (χ1) is 9.32. The average Bonchev–Trinajstić information content (AvgIpc) is 2.70. The lowest BCUT2D eigenvalue weighted by Crippen LogP contribution is -2.17. The van der Waals surface area contributed by atoms with Crippen LogP contribution in [0.25, 0.3) is 0 Å². The minimum absolute atomic E-state index is 0.185. The molecular weight excluding hydrogens is 285 g/mol. The van der Waals surface area contributed by atoms with Gasteiger partial charge in [0.2, 0.25) is 0 Å². The van der Waals surface area contributed by atoms with Crippen LogP contribution in [-0.2, 0) is 6.18 Å². The molecular formula is C14H15F3N2S. The molecule has 0 aliphatic carbocycles. The standard InChI is InChI=1S/C14H15F3N2S/c1-8-9(2)20-13(19-8)12(18-3)10-4-6-11(7-5-10)14(15,16)17/h4-7,12,18H,1-3H3. The fourth-order valence-electron chi connectivity index (χ4n) is 1.92. The Morgan fingerprint density at radius 2 is 1.75 bits per heavy atom. The van der Waals surface area contributed by atoms with Gasteiger partial charge in [-0.3, -0.25) is 0 Å². The van der Waals surface area contributed by atoms with Crippen molar-refractivity contribution in [3.05, 3.63) is 51.0 Å². The second-order valence-corrected chi connectivity index (χ2v) is 5.77. The molecule has 1 heterocycles. The van der Waals surface area contributed by atoms with E-state index >= 15 is 0 Å². The molecule has 0 bridgehead atoms. The number of nitrogens with zero attached hydrogens (tertiary/aromatic N) is 1. The Labute approximate surface area is 119 Å². The fourth-order valence-corrected chi connectivity index (χ4v) is 2.98. The van der Waals surface area contributed by atoms with Gasteiger partial charge in [-0.25, -0.2) is 4.98 Å². The predicted molar refractivity (Wildman–Crippen MR) is 73.9 cm³/mol. The van der Waals surface area contributed by atoms with Gasteiger partial charge in [-0.15, -0.1) is 11.3 Å². The first-order valence-electron chi connectivity index (χ1n) is 6.11. The molecule has 6 heteroatoms. The summed E-state index contributed by atoms with van der Waals surface area (Å²) in [6.45, 7) is 3.91. The normalized spacial score (nSPS) is 13.5. The molecule has 1 aromatic heterocycles. The minimum Gasteiger partial charge on any atom is -0.307 e. The third-order valence-electron chi connectivity index (χ3n) is 3.15. The summed E-state index contributed by atoms with van der Waals surface area (Å²) in [7, 11) is 1.77. The molecule has 1 unspecified atom stereocenters. The highest BCUT2D eigenvalue weighted by atomic mass is 32.1. The third kappa shape index (κ3) is 3.02. The van der Waals surface area contributed by atoms with Gasteiger partial charge in [-0.2, -0.15) is 13.2 Å². The summed E-state index contributed by atoms with van der Waals surface area (Å²) < 4.78 is 37.7. The van der Waals surface area contributed by atoms with Crippen molar-refractivity contribution in [2.45, 2.75) is 26.1 Å². The molecule has 0 aliphatic rings. The third-order valence-corrected chi connectivity index (χ3v) is 4.29. The van der Waals surface area contributed by atoms with Crippen LogP contribution in [0.5, 0.6) is 0 Å². The molecule has 108 valence electrons. The van der Waals surface area contributed by atoms with Crippen molar-refractivity contribution in [1.82, 2.24) is 10.3 Å². The van der Waals surface area contributed by atoms with E-state index in [1.54, 1.807) is 18.4 Å². The predicted octanol–water partition coefficient (Wildman–Crippen LogP) is 4.09. The van der Waals surface area contributed by atoms with Gasteiger partial charge in [0.15, 0.2) is 0 Å². The van der Waals surface area contributed by atoms with Crippen LogP contribution in [0.3, 0.4) is 0 Å². The zero-order valence-corrected chi connectivity index (χ0v) is 12.2. The van der Waals surface area contributed by atoms with Crippen LogP contribution in [0.1, 0.15) is 32.7 Å². The van der Waals surface area contributed by atoms with Crippen molar-refractivity contribution in [2.75, 3.05) is 7.05 Å². The van der Waals surface area contributed by atoms with Crippen molar-refractivity contribution in [2.24, 2.45) is 0 Å². The van der Waals surface area contributed by atoms with Crippen LogP contribution < -0.4 is 5.32 Å². The number of hydrogen-bond acceptors (Lipinski definition) is 3. The van der Waals surface area contributed by atoms with Crippen molar-refractivity contribution in [3.8, 4) is 0 Å². The van der Waals surface area contributed by atoms with E-state index in [1.807, 2.05) is 13.8 Å². The number of hydrogen-bond donors (Lipinski definition) is 1. The van der Waals surface area contributed by atoms with Gasteiger partial charge in [0.1, 0.15) is 5.01 Å². The summed E-state index contributed by atoms with van der Waals surface area (Å²) in [6.07, 6.45) is -4.30. The van der Waals surface area contributed by atoms with Gasteiger partial charge in [0, 0.05) is 4.88 Å². The lowest BCUT2D eigenvalue weighted by molar-refractivity contribution is -0.137. The second-order valence-electron chi connectivity index (χ2n) is 4.54. The Hall–Kier alpha value is -1.40. The lowest BCUT2D eigenvalue weighted by Gasteiger charge is -2.15. The van der Waals surface area contributed by atoms with Crippen molar-refractivity contribution < 1.29 is 13.2 Å². The summed E-state index contributed by atoms with van der Waals surface area (Å²) in [5.41, 5.74) is 1.09. The molecule has 0 amide bonds. The number of alkyl halides is 3. The van der Waals surface area contributed by atoms with E-state index in [-0.39, 0.29) is 6.04 Å². The van der Waals surface area contributed by atoms with Crippen LogP contribution in [0, 0.1) is 13.8 Å². The van der Waals surface area contributed by atoms with Crippen molar-refractivity contribution >= 4 is 11.3 Å². The molecule has 0 saturated heterocycles. The smallest absolute Gasteiger partial charge is 0.307 e. The zero-order valence-electron chi connectivity index (χ0n) is 11.4. The molecule has 1 N–H and O–H groups in total. The zero-order chi connectivity index (χ0) is 14.9. The van der Waals surface area contributed by atoms with Crippen LogP contribution in [0.4, 0.5) is 13.2 Å². The number of thiazole rings is 1. The molecule has 0 aliphatic heterocycles. The molecule has 2 rings (SSSR count). The Bertz CT molecular complexity index is 568. The SMILES string of the molecule is CNC(c1ccc(C(F)(F)F)cc1)c1nc(C)c(C)s1. The quantitative estimate of drug-likeness (QED) is 0.923. The average molecular weight is 300 g/mol. The van der Waals surface area contributed by atoms with Gasteiger partial charge in [0.25, 0.3) is 0 Å². The maximum atomic E-state index is 12.6. The van der Waals surface area contributed by atoms with Gasteiger partial charge in [-0.05, 0) is 38.6 Å². The molecule has 20 heavy (non-hydrogen) atoms. The number of benzene rings is 1. The van der Waals surface area contributed by atoms with Crippen LogP contribution in [-0.4, -0.2) is 12.0 Å². The highest BCUT2D eigenvalue weighted by Gasteiger charge is 2.30. The lowest BCUT2D eigenvalue weighted by atomic mass is 10.1. The summed E-state index contributed by atoms with van der Waals surface area (Å²) >= 11 is 1.56. The summed E-state index contributed by atoms with van der Waals surface area (Å²) in [4.78, 5) is 5.58. The molecule has 0 radical (unpaired) electrons. The maximum absolute atomic E-state index is 12.6. The van der Waals surface area contributed by atoms with Crippen LogP contribution >= 0.6 is 11.3 Å². The number of nitrogens with one attached hydrogen (secondary N) is 1. The van der Waals surface area contributed by atoms with E-state index in [0.717, 1.165) is 33.3 Å². The van der Waals surface area contributed by atoms with E-state index in [2.05, 4.69) is 10.3 Å². The monoisotopic (exact) mass is 300 g/mol. The molecule has 2 aromatic rings. The molecule has 0 spiro atoms. The Balaban J connectivity index is 2.33. The van der Waals surface area contributed by atoms with Crippen molar-refractivity contribution in [1.29, 1.82) is 0 Å². The second kappa shape index (κ2) is 5.54. The Morgan fingerprint density at radius 3 is 2.15 bits per heavy atom. The molecule has 0 fully saturated rings. The Morgan fingerprint density at radius 1 is 1.15 bits per heavy atom. The maximum Gasteiger partial charge on any atom is 0.416 e. The Kier molecular flexibility index (Phi) is 4.15. The molecule has 0 saturated carbocycles. The number of rotatable bonds is 3. The number of halogens is 3. The largest absolute Gasteiger partial charge is 0.416 e. The van der Waals surface area contributed by atoms with Gasteiger partial charge in [0.05, 0.1) is 17.3 Å². The van der Waals surface area contributed by atoms with E-state index in [4.69, 9.17) is 0 Å². The number of aryl methyl sites for hydroxylation is 2. The molecule has 1 atom stereocenters. The first kappa shape index (κ1) is 15.0. The van der Waals surface area contributed by atoms with E-state index in [1.165, 1.54) is 12.1 Å². The summed E-state index contributed by atoms with van der Waals surface area (Å²) in [5.74, 6) is 0. The number of aromatic nitrogens is 1. The summed E-state index contributed by atoms with van der Waals surface area (Å²) in [5, 5.41) is 3.96. The topological polar surface area (TPSA) is 24.9 Å². The van der Waals surface area contributed by atoms with Gasteiger partial charge < -0.3 is 5.32 Å². The van der Waals surface area contributed by atoms with Gasteiger partial charge >= 0.3 is 6.18 Å². The highest BCUT2D eigenvalue weighted by molar-refractivity contribution is 7.11. The van der Waals surface area contributed by atoms with E-state index < -0.39 is 11.7 Å². The van der Waals surface area contributed by atoms with Crippen LogP contribution in [0.2, 0.25) is 0 Å². The van der Waals surface area contributed by atoms with Crippen LogP contribution in [0.15, 0.2) is 24.3 Å². The molecule has 2 nitrogen and oxygen atoms in total. The highest BCUT2D eigenvalue weighted by Crippen LogP contribution is 2.32. The first-order valence-corrected chi connectivity index (χ1v) is 6.93. The van der Waals surface area contributed by atoms with Gasteiger partial charge in [-0.1, -0.05) is 12.1 Å².